The van der Waals surface area contributed by atoms with Crippen LogP contribution >= 0.6 is 0 Å². The van der Waals surface area contributed by atoms with E-state index >= 15 is 0 Å². The van der Waals surface area contributed by atoms with Crippen molar-refractivity contribution in [2.24, 2.45) is 0 Å². The molecule has 148 valence electrons. The second-order valence-electron chi connectivity index (χ2n) is 5.86. The number of nitrogens with zero attached hydrogens (tertiary/aromatic N) is 4. The van der Waals surface area contributed by atoms with Crippen LogP contribution in [0.2, 0.25) is 0 Å². The highest BCUT2D eigenvalue weighted by Crippen LogP contribution is 2.36. The molecule has 1 aromatic rings. The van der Waals surface area contributed by atoms with Crippen LogP contribution in [0.15, 0.2) is 0 Å². The van der Waals surface area contributed by atoms with E-state index in [1.807, 2.05) is 0 Å². The Morgan fingerprint density at radius 1 is 1.00 bits per heavy atom. The molecule has 0 atom stereocenters. The molecular weight excluding hydrogens is 370 g/mol. The van der Waals surface area contributed by atoms with Gasteiger partial charge in [-0.3, -0.25) is 0 Å². The Labute approximate surface area is 145 Å². The van der Waals surface area contributed by atoms with Crippen molar-refractivity contribution < 1.29 is 31.1 Å². The van der Waals surface area contributed by atoms with Crippen molar-refractivity contribution >= 4 is 11.9 Å². The molecule has 13 heteroatoms. The first-order chi connectivity index (χ1) is 12.0. The highest BCUT2D eigenvalue weighted by molar-refractivity contribution is 5.39. The predicted molar refractivity (Wildman–Crippen MR) is 80.2 cm³/mol. The minimum atomic E-state index is -5.66. The largest absolute Gasteiger partial charge is 0.440 e. The van der Waals surface area contributed by atoms with E-state index in [9.17, 15) is 26.3 Å². The van der Waals surface area contributed by atoms with Crippen LogP contribution < -0.4 is 20.3 Å². The van der Waals surface area contributed by atoms with Crippen molar-refractivity contribution in [2.45, 2.75) is 38.3 Å². The predicted octanol–water partition coefficient (Wildman–Crippen LogP) is 1.97. The molecule has 1 fully saturated rings. The average molecular weight is 388 g/mol. The second-order valence-corrected chi connectivity index (χ2v) is 5.86. The number of nitrogens with one attached hydrogen (secondary N) is 2. The Morgan fingerprint density at radius 2 is 1.58 bits per heavy atom. The Morgan fingerprint density at radius 3 is 2.08 bits per heavy atom. The Hall–Kier alpha value is -2.05. The number of hydrogen-bond donors (Lipinski definition) is 2. The molecule has 1 saturated heterocycles. The molecule has 1 aromatic heterocycles. The monoisotopic (exact) mass is 388 g/mol. The average Bonchev–Trinajstić information content (AvgIpc) is 2.50. The molecule has 2 N–H and O–H groups in total. The molecular formula is C13H18F6N6O. The van der Waals surface area contributed by atoms with Gasteiger partial charge in [0.25, 0.3) is 6.10 Å². The van der Waals surface area contributed by atoms with E-state index in [0.29, 0.717) is 26.2 Å². The number of halogens is 6. The quantitative estimate of drug-likeness (QED) is 0.747. The lowest BCUT2D eigenvalue weighted by molar-refractivity contribution is -0.301. The minimum Gasteiger partial charge on any atom is -0.440 e. The Bertz CT molecular complexity index is 588. The van der Waals surface area contributed by atoms with Gasteiger partial charge in [0.2, 0.25) is 11.9 Å². The number of ether oxygens (including phenoxy) is 1. The molecule has 2 rings (SSSR count). The molecule has 0 aromatic carbocycles. The Kier molecular flexibility index (Phi) is 5.98. The third-order valence-electron chi connectivity index (χ3n) is 3.24. The van der Waals surface area contributed by atoms with E-state index in [0.717, 1.165) is 0 Å². The van der Waals surface area contributed by atoms with Crippen LogP contribution in [0.25, 0.3) is 0 Å². The molecule has 0 spiro atoms. The van der Waals surface area contributed by atoms with E-state index < -0.39 is 24.5 Å². The summed E-state index contributed by atoms with van der Waals surface area (Å²) in [6, 6.07) is -1.25. The number of rotatable bonds is 5. The lowest BCUT2D eigenvalue weighted by Crippen LogP contribution is -2.47. The van der Waals surface area contributed by atoms with Crippen molar-refractivity contribution in [1.29, 1.82) is 0 Å². The highest BCUT2D eigenvalue weighted by atomic mass is 19.4. The summed E-state index contributed by atoms with van der Waals surface area (Å²) >= 11 is 0. The molecule has 0 unspecified atom stereocenters. The first-order valence-corrected chi connectivity index (χ1v) is 7.75. The van der Waals surface area contributed by atoms with Crippen LogP contribution in [0.4, 0.5) is 38.2 Å². The first kappa shape index (κ1) is 20.3. The molecule has 0 saturated carbocycles. The van der Waals surface area contributed by atoms with Gasteiger partial charge in [-0.25, -0.2) is 0 Å². The normalized spacial score (nSPS) is 16.3. The SMILES string of the molecule is CC(C)Nc1nc(OC(C(F)(F)F)C(F)(F)F)nc(N2CCNCC2)n1. The molecule has 26 heavy (non-hydrogen) atoms. The van der Waals surface area contributed by atoms with Gasteiger partial charge in [0.15, 0.2) is 0 Å². The Balaban J connectivity index is 2.35. The second kappa shape index (κ2) is 7.68. The summed E-state index contributed by atoms with van der Waals surface area (Å²) in [5, 5.41) is 5.79. The molecule has 0 radical (unpaired) electrons. The van der Waals surface area contributed by atoms with Gasteiger partial charge in [0, 0.05) is 32.2 Å². The van der Waals surface area contributed by atoms with Gasteiger partial charge in [-0.05, 0) is 13.8 Å². The third-order valence-corrected chi connectivity index (χ3v) is 3.24. The lowest BCUT2D eigenvalue weighted by Gasteiger charge is -2.28. The number of piperazine rings is 1. The maximum absolute atomic E-state index is 12.7. The van der Waals surface area contributed by atoms with Crippen LogP contribution in [-0.2, 0) is 0 Å². The van der Waals surface area contributed by atoms with Crippen LogP contribution in [0.3, 0.4) is 0 Å². The molecule has 7 nitrogen and oxygen atoms in total. The topological polar surface area (TPSA) is 75.2 Å². The molecule has 1 aliphatic heterocycles. The van der Waals surface area contributed by atoms with Crippen molar-refractivity contribution in [1.82, 2.24) is 20.3 Å². The van der Waals surface area contributed by atoms with Crippen LogP contribution in [0.5, 0.6) is 6.01 Å². The van der Waals surface area contributed by atoms with Gasteiger partial charge in [0.1, 0.15) is 0 Å². The maximum Gasteiger partial charge on any atom is 0.434 e. The summed E-state index contributed by atoms with van der Waals surface area (Å²) < 4.78 is 80.4. The van der Waals surface area contributed by atoms with Gasteiger partial charge in [0.05, 0.1) is 0 Å². The number of anilines is 2. The number of hydrogen-bond acceptors (Lipinski definition) is 7. The van der Waals surface area contributed by atoms with Crippen molar-refractivity contribution in [2.75, 3.05) is 36.4 Å². The summed E-state index contributed by atoms with van der Waals surface area (Å²) in [5.41, 5.74) is 0. The van der Waals surface area contributed by atoms with Crippen molar-refractivity contribution in [3.63, 3.8) is 0 Å². The van der Waals surface area contributed by atoms with E-state index in [4.69, 9.17) is 0 Å². The van der Waals surface area contributed by atoms with Gasteiger partial charge in [-0.2, -0.15) is 41.3 Å². The van der Waals surface area contributed by atoms with E-state index in [-0.39, 0.29) is 17.9 Å². The van der Waals surface area contributed by atoms with Crippen molar-refractivity contribution in [3.05, 3.63) is 0 Å². The van der Waals surface area contributed by atoms with E-state index in [1.54, 1.807) is 18.7 Å². The van der Waals surface area contributed by atoms with Crippen LogP contribution in [-0.4, -0.2) is 65.6 Å². The van der Waals surface area contributed by atoms with Crippen LogP contribution in [0.1, 0.15) is 13.8 Å². The lowest BCUT2D eigenvalue weighted by atomic mass is 10.3. The van der Waals surface area contributed by atoms with Gasteiger partial charge in [-0.1, -0.05) is 0 Å². The fraction of sp³-hybridized carbons (Fsp3) is 0.769. The third kappa shape index (κ3) is 5.47. The van der Waals surface area contributed by atoms with Gasteiger partial charge < -0.3 is 20.3 Å². The zero-order valence-corrected chi connectivity index (χ0v) is 13.9. The maximum atomic E-state index is 12.7. The van der Waals surface area contributed by atoms with Crippen molar-refractivity contribution in [3.8, 4) is 6.01 Å². The first-order valence-electron chi connectivity index (χ1n) is 7.75. The highest BCUT2D eigenvalue weighted by Gasteiger charge is 2.59. The smallest absolute Gasteiger partial charge is 0.434 e. The fourth-order valence-corrected chi connectivity index (χ4v) is 2.15. The summed E-state index contributed by atoms with van der Waals surface area (Å²) in [6.07, 6.45) is -15.3. The summed E-state index contributed by atoms with van der Waals surface area (Å²) in [7, 11) is 0. The molecule has 0 aliphatic carbocycles. The van der Waals surface area contributed by atoms with E-state index in [2.05, 4.69) is 30.3 Å². The fourth-order valence-electron chi connectivity index (χ4n) is 2.15. The number of aromatic nitrogens is 3. The summed E-state index contributed by atoms with van der Waals surface area (Å²) in [4.78, 5) is 12.9. The zero-order valence-electron chi connectivity index (χ0n) is 13.9. The molecule has 1 aliphatic rings. The molecule has 0 bridgehead atoms. The standard InChI is InChI=1S/C13H18F6N6O/c1-7(2)21-9-22-10(25-5-3-20-4-6-25)24-11(23-9)26-8(12(14,15)16)13(17,18)19/h7-8,20H,3-6H2,1-2H3,(H,21,22,23,24). The summed E-state index contributed by atoms with van der Waals surface area (Å²) in [6.45, 7) is 5.44. The van der Waals surface area contributed by atoms with Crippen LogP contribution in [0, 0.1) is 0 Å². The molecule has 0 amide bonds. The van der Waals surface area contributed by atoms with Gasteiger partial charge >= 0.3 is 18.4 Å². The summed E-state index contributed by atoms with van der Waals surface area (Å²) in [5.74, 6) is -0.218. The minimum absolute atomic E-state index is 0.0530. The van der Waals surface area contributed by atoms with E-state index in [1.165, 1.54) is 0 Å². The van der Waals surface area contributed by atoms with Gasteiger partial charge in [-0.15, -0.1) is 0 Å². The zero-order chi connectivity index (χ0) is 19.5. The number of alkyl halides is 6. The molecule has 2 heterocycles.